The fourth-order valence-corrected chi connectivity index (χ4v) is 2.79. The first-order valence-electron chi connectivity index (χ1n) is 7.97. The highest BCUT2D eigenvalue weighted by atomic mass is 79.9. The van der Waals surface area contributed by atoms with Crippen LogP contribution in [0.3, 0.4) is 0 Å². The minimum absolute atomic E-state index is 0.0158. The molecule has 0 saturated carbocycles. The summed E-state index contributed by atoms with van der Waals surface area (Å²) in [4.78, 5) is 12.2. The SMILES string of the molecule is Cc1cccc(NC(=O)COc2ccc(Br)cc2C(C)(C)C)c1C. The van der Waals surface area contributed by atoms with Crippen molar-refractivity contribution in [3.8, 4) is 5.75 Å². The van der Waals surface area contributed by atoms with Crippen molar-refractivity contribution in [3.05, 3.63) is 57.6 Å². The molecule has 2 aromatic carbocycles. The average molecular weight is 390 g/mol. The molecule has 0 heterocycles. The molecule has 3 nitrogen and oxygen atoms in total. The number of anilines is 1. The number of hydrogen-bond acceptors (Lipinski definition) is 2. The first-order chi connectivity index (χ1) is 11.2. The summed E-state index contributed by atoms with van der Waals surface area (Å²) in [6, 6.07) is 11.7. The van der Waals surface area contributed by atoms with Crippen LogP contribution in [0.4, 0.5) is 5.69 Å². The monoisotopic (exact) mass is 389 g/mol. The van der Waals surface area contributed by atoms with Gasteiger partial charge in [-0.2, -0.15) is 0 Å². The van der Waals surface area contributed by atoms with Crippen LogP contribution >= 0.6 is 15.9 Å². The Morgan fingerprint density at radius 3 is 2.54 bits per heavy atom. The van der Waals surface area contributed by atoms with Gasteiger partial charge in [0.2, 0.25) is 0 Å². The van der Waals surface area contributed by atoms with E-state index in [2.05, 4.69) is 42.0 Å². The van der Waals surface area contributed by atoms with Crippen molar-refractivity contribution in [2.24, 2.45) is 0 Å². The van der Waals surface area contributed by atoms with Crippen molar-refractivity contribution in [1.29, 1.82) is 0 Å². The smallest absolute Gasteiger partial charge is 0.262 e. The molecule has 0 aliphatic rings. The molecule has 0 radical (unpaired) electrons. The number of amides is 1. The van der Waals surface area contributed by atoms with E-state index in [0.29, 0.717) is 0 Å². The van der Waals surface area contributed by atoms with Gasteiger partial charge in [-0.25, -0.2) is 0 Å². The minimum atomic E-state index is -0.161. The lowest BCUT2D eigenvalue weighted by atomic mass is 9.86. The Labute approximate surface area is 152 Å². The summed E-state index contributed by atoms with van der Waals surface area (Å²) in [5.74, 6) is 0.577. The molecule has 4 heteroatoms. The quantitative estimate of drug-likeness (QED) is 0.761. The number of carbonyl (C=O) groups excluding carboxylic acids is 1. The molecule has 0 spiro atoms. The number of aryl methyl sites for hydroxylation is 1. The van der Waals surface area contributed by atoms with E-state index in [1.165, 1.54) is 0 Å². The zero-order chi connectivity index (χ0) is 17.9. The van der Waals surface area contributed by atoms with Crippen LogP contribution in [0.1, 0.15) is 37.5 Å². The Bertz CT molecular complexity index is 748. The molecule has 0 aliphatic heterocycles. The molecule has 2 rings (SSSR count). The molecule has 0 saturated heterocycles. The Balaban J connectivity index is 2.08. The fraction of sp³-hybridized carbons (Fsp3) is 0.350. The second-order valence-corrected chi connectivity index (χ2v) is 7.89. The molecule has 0 aliphatic carbocycles. The van der Waals surface area contributed by atoms with Crippen molar-refractivity contribution >= 4 is 27.5 Å². The van der Waals surface area contributed by atoms with Gasteiger partial charge in [-0.1, -0.05) is 48.8 Å². The van der Waals surface area contributed by atoms with Gasteiger partial charge in [-0.05, 0) is 54.7 Å². The van der Waals surface area contributed by atoms with E-state index in [9.17, 15) is 4.79 Å². The van der Waals surface area contributed by atoms with Gasteiger partial charge in [0.25, 0.3) is 5.91 Å². The Morgan fingerprint density at radius 1 is 1.17 bits per heavy atom. The number of rotatable bonds is 4. The zero-order valence-electron chi connectivity index (χ0n) is 14.9. The Morgan fingerprint density at radius 2 is 1.88 bits per heavy atom. The van der Waals surface area contributed by atoms with Crippen molar-refractivity contribution in [2.75, 3.05) is 11.9 Å². The van der Waals surface area contributed by atoms with E-state index in [4.69, 9.17) is 4.74 Å². The van der Waals surface area contributed by atoms with Crippen LogP contribution in [0, 0.1) is 13.8 Å². The molecule has 2 aromatic rings. The number of halogens is 1. The van der Waals surface area contributed by atoms with Crippen LogP contribution in [0.5, 0.6) is 5.75 Å². The van der Waals surface area contributed by atoms with Crippen molar-refractivity contribution < 1.29 is 9.53 Å². The Hall–Kier alpha value is -1.81. The molecule has 1 amide bonds. The predicted molar refractivity (Wildman–Crippen MR) is 103 cm³/mol. The average Bonchev–Trinajstić information content (AvgIpc) is 2.49. The van der Waals surface area contributed by atoms with Crippen LogP contribution in [-0.4, -0.2) is 12.5 Å². The highest BCUT2D eigenvalue weighted by Crippen LogP contribution is 2.33. The summed E-state index contributed by atoms with van der Waals surface area (Å²) in [5.41, 5.74) is 4.05. The second-order valence-electron chi connectivity index (χ2n) is 6.97. The maximum absolute atomic E-state index is 12.2. The molecule has 0 bridgehead atoms. The van der Waals surface area contributed by atoms with Gasteiger partial charge >= 0.3 is 0 Å². The third kappa shape index (κ3) is 4.60. The third-order valence-corrected chi connectivity index (χ3v) is 4.48. The molecule has 0 unspecified atom stereocenters. The summed E-state index contributed by atoms with van der Waals surface area (Å²) < 4.78 is 6.79. The number of hydrogen-bond donors (Lipinski definition) is 1. The molecular formula is C20H24BrNO2. The molecule has 24 heavy (non-hydrogen) atoms. The lowest BCUT2D eigenvalue weighted by Gasteiger charge is -2.23. The predicted octanol–water partition coefficient (Wildman–Crippen LogP) is 5.38. The maximum Gasteiger partial charge on any atom is 0.262 e. The van der Waals surface area contributed by atoms with Crippen molar-refractivity contribution in [2.45, 2.75) is 40.0 Å². The fourth-order valence-electron chi connectivity index (χ4n) is 2.43. The maximum atomic E-state index is 12.2. The van der Waals surface area contributed by atoms with E-state index in [0.717, 1.165) is 32.6 Å². The number of benzene rings is 2. The van der Waals surface area contributed by atoms with Crippen LogP contribution < -0.4 is 10.1 Å². The lowest BCUT2D eigenvalue weighted by Crippen LogP contribution is -2.22. The molecule has 0 aromatic heterocycles. The van der Waals surface area contributed by atoms with E-state index in [1.807, 2.05) is 50.2 Å². The first-order valence-corrected chi connectivity index (χ1v) is 8.76. The van der Waals surface area contributed by atoms with Gasteiger partial charge in [0.15, 0.2) is 6.61 Å². The van der Waals surface area contributed by atoms with E-state index < -0.39 is 0 Å². The van der Waals surface area contributed by atoms with Gasteiger partial charge in [-0.15, -0.1) is 0 Å². The minimum Gasteiger partial charge on any atom is -0.483 e. The summed E-state index contributed by atoms with van der Waals surface area (Å²) >= 11 is 3.49. The van der Waals surface area contributed by atoms with Crippen LogP contribution in [0.15, 0.2) is 40.9 Å². The lowest BCUT2D eigenvalue weighted by molar-refractivity contribution is -0.118. The van der Waals surface area contributed by atoms with Crippen LogP contribution in [-0.2, 0) is 10.2 Å². The second kappa shape index (κ2) is 7.39. The third-order valence-electron chi connectivity index (χ3n) is 3.99. The summed E-state index contributed by atoms with van der Waals surface area (Å²) in [7, 11) is 0. The van der Waals surface area contributed by atoms with Gasteiger partial charge in [0.1, 0.15) is 5.75 Å². The van der Waals surface area contributed by atoms with Gasteiger partial charge in [0.05, 0.1) is 0 Å². The van der Waals surface area contributed by atoms with E-state index >= 15 is 0 Å². The molecule has 0 fully saturated rings. The van der Waals surface area contributed by atoms with Crippen molar-refractivity contribution in [3.63, 3.8) is 0 Å². The van der Waals surface area contributed by atoms with Crippen molar-refractivity contribution in [1.82, 2.24) is 0 Å². The van der Waals surface area contributed by atoms with E-state index in [1.54, 1.807) is 0 Å². The largest absolute Gasteiger partial charge is 0.483 e. The summed E-state index contributed by atoms with van der Waals surface area (Å²) in [6.07, 6.45) is 0. The first kappa shape index (κ1) is 18.5. The zero-order valence-corrected chi connectivity index (χ0v) is 16.5. The van der Waals surface area contributed by atoms with Gasteiger partial charge in [-0.3, -0.25) is 4.79 Å². The number of ether oxygens (including phenoxy) is 1. The molecule has 1 N–H and O–H groups in total. The van der Waals surface area contributed by atoms with Gasteiger partial charge < -0.3 is 10.1 Å². The van der Waals surface area contributed by atoms with Crippen LogP contribution in [0.2, 0.25) is 0 Å². The van der Waals surface area contributed by atoms with Gasteiger partial charge in [0, 0.05) is 15.7 Å². The Kier molecular flexibility index (Phi) is 5.70. The number of carbonyl (C=O) groups is 1. The standard InChI is InChI=1S/C20H24BrNO2/c1-13-7-6-8-17(14(13)2)22-19(23)12-24-18-10-9-15(21)11-16(18)20(3,4)5/h6-11H,12H2,1-5H3,(H,22,23). The molecule has 128 valence electrons. The summed E-state index contributed by atoms with van der Waals surface area (Å²) in [5, 5.41) is 2.92. The molecular weight excluding hydrogens is 366 g/mol. The molecule has 0 atom stereocenters. The normalized spacial score (nSPS) is 11.2. The highest BCUT2D eigenvalue weighted by molar-refractivity contribution is 9.10. The topological polar surface area (TPSA) is 38.3 Å². The highest BCUT2D eigenvalue weighted by Gasteiger charge is 2.20. The van der Waals surface area contributed by atoms with E-state index in [-0.39, 0.29) is 17.9 Å². The van der Waals surface area contributed by atoms with Crippen LogP contribution in [0.25, 0.3) is 0 Å². The number of nitrogens with one attached hydrogen (secondary N) is 1. The summed E-state index contributed by atoms with van der Waals surface area (Å²) in [6.45, 7) is 10.4.